The van der Waals surface area contributed by atoms with Gasteiger partial charge < -0.3 is 4.74 Å². The van der Waals surface area contributed by atoms with Crippen molar-refractivity contribution in [3.05, 3.63) is 197 Å². The van der Waals surface area contributed by atoms with Crippen molar-refractivity contribution in [2.24, 2.45) is 0 Å². The maximum Gasteiger partial charge on any atom is 0.205 e. The van der Waals surface area contributed by atoms with Crippen LogP contribution in [0.1, 0.15) is 40.4 Å². The molecule has 0 N–H and O–H groups in total. The van der Waals surface area contributed by atoms with E-state index in [1.807, 2.05) is 30.3 Å². The first kappa shape index (κ1) is 31.8. The molecule has 0 fully saturated rings. The van der Waals surface area contributed by atoms with Gasteiger partial charge in [-0.25, -0.2) is 0 Å². The van der Waals surface area contributed by atoms with Gasteiger partial charge in [0, 0.05) is 22.7 Å². The Bertz CT molecular complexity index is 2310. The highest BCUT2D eigenvalue weighted by Gasteiger charge is 2.41. The highest BCUT2D eigenvalue weighted by molar-refractivity contribution is 5.86. The first-order chi connectivity index (χ1) is 25.1. The molecule has 0 spiro atoms. The monoisotopic (exact) mass is 663 g/mol. The molecule has 8 aromatic rings. The van der Waals surface area contributed by atoms with E-state index in [-0.39, 0.29) is 0 Å². The number of aromatic nitrogens is 5. The van der Waals surface area contributed by atoms with Crippen LogP contribution in [0.3, 0.4) is 0 Å². The van der Waals surface area contributed by atoms with E-state index in [1.54, 1.807) is 4.80 Å². The minimum absolute atomic E-state index is 0.453. The molecule has 0 amide bonds. The summed E-state index contributed by atoms with van der Waals surface area (Å²) < 4.78 is 6.40. The predicted molar refractivity (Wildman–Crippen MR) is 203 cm³/mol. The summed E-state index contributed by atoms with van der Waals surface area (Å²) in [5, 5.41) is 15.7. The number of ether oxygens (including phenoxy) is 1. The third kappa shape index (κ3) is 6.06. The van der Waals surface area contributed by atoms with Gasteiger partial charge in [0.15, 0.2) is 5.54 Å². The molecule has 0 saturated carbocycles. The molecule has 0 unspecified atom stereocenters. The van der Waals surface area contributed by atoms with Crippen LogP contribution >= 0.6 is 0 Å². The Labute approximate surface area is 298 Å². The zero-order valence-corrected chi connectivity index (χ0v) is 28.6. The Morgan fingerprint density at radius 2 is 1.22 bits per heavy atom. The van der Waals surface area contributed by atoms with Crippen molar-refractivity contribution in [3.63, 3.8) is 0 Å². The average molecular weight is 664 g/mol. The van der Waals surface area contributed by atoms with E-state index in [4.69, 9.17) is 25.1 Å². The SMILES string of the molecule is CCc1cc(OCc2ccc(-c3ccccc3-c3nnn(C(c4ccccc4)(c4ccccc4)c4ccccc4)n3)cc2)c2ccc(C)cc2n1. The van der Waals surface area contributed by atoms with Gasteiger partial charge in [-0.05, 0) is 69.6 Å². The number of benzene rings is 6. The summed E-state index contributed by atoms with van der Waals surface area (Å²) in [6.45, 7) is 4.66. The van der Waals surface area contributed by atoms with Crippen molar-refractivity contribution in [1.82, 2.24) is 25.2 Å². The van der Waals surface area contributed by atoms with Gasteiger partial charge in [0.05, 0.1) is 5.52 Å². The molecule has 0 radical (unpaired) electrons. The molecule has 8 rings (SSSR count). The van der Waals surface area contributed by atoms with Crippen molar-refractivity contribution in [2.45, 2.75) is 32.4 Å². The van der Waals surface area contributed by atoms with E-state index in [0.29, 0.717) is 12.4 Å². The maximum absolute atomic E-state index is 6.40. The van der Waals surface area contributed by atoms with E-state index in [1.165, 1.54) is 5.56 Å². The van der Waals surface area contributed by atoms with Gasteiger partial charge in [0.25, 0.3) is 0 Å². The van der Waals surface area contributed by atoms with Crippen molar-refractivity contribution in [3.8, 4) is 28.3 Å². The van der Waals surface area contributed by atoms with E-state index in [2.05, 4.69) is 147 Å². The van der Waals surface area contributed by atoms with Crippen LogP contribution < -0.4 is 4.74 Å². The third-order valence-electron chi connectivity index (χ3n) is 9.46. The minimum Gasteiger partial charge on any atom is -0.488 e. The molecule has 0 atom stereocenters. The van der Waals surface area contributed by atoms with Crippen molar-refractivity contribution in [2.75, 3.05) is 0 Å². The highest BCUT2D eigenvalue weighted by Crippen LogP contribution is 2.40. The van der Waals surface area contributed by atoms with Crippen LogP contribution in [-0.4, -0.2) is 25.2 Å². The van der Waals surface area contributed by atoms with E-state index < -0.39 is 5.54 Å². The molecule has 248 valence electrons. The van der Waals surface area contributed by atoms with Crippen LogP contribution in [0.4, 0.5) is 0 Å². The van der Waals surface area contributed by atoms with Crippen molar-refractivity contribution >= 4 is 10.9 Å². The summed E-state index contributed by atoms with van der Waals surface area (Å²) in [6, 6.07) is 56.3. The summed E-state index contributed by atoms with van der Waals surface area (Å²) in [5.41, 5.74) is 9.52. The standard InChI is InChI=1S/C45H37N5O/c1-3-38-30-43(41-28-23-32(2)29-42(41)46-38)51-31-33-24-26-34(27-25-33)39-21-13-14-22-40(39)44-47-49-50(48-44)45(35-15-7-4-8-16-35,36-17-9-5-10-18-36)37-19-11-6-12-20-37/h4-30H,3,31H2,1-2H3. The van der Waals surface area contributed by atoms with Gasteiger partial charge >= 0.3 is 0 Å². The zero-order chi connectivity index (χ0) is 34.6. The number of aryl methyl sites for hydroxylation is 2. The average Bonchev–Trinajstić information content (AvgIpc) is 3.69. The highest BCUT2D eigenvalue weighted by atomic mass is 16.5. The molecule has 6 nitrogen and oxygen atoms in total. The molecule has 0 saturated heterocycles. The molecule has 0 aliphatic carbocycles. The van der Waals surface area contributed by atoms with Crippen molar-refractivity contribution < 1.29 is 4.74 Å². The summed E-state index contributed by atoms with van der Waals surface area (Å²) in [7, 11) is 0. The van der Waals surface area contributed by atoms with E-state index in [9.17, 15) is 0 Å². The second-order valence-corrected chi connectivity index (χ2v) is 12.7. The van der Waals surface area contributed by atoms with Gasteiger partial charge in [-0.2, -0.15) is 0 Å². The van der Waals surface area contributed by atoms with Crippen molar-refractivity contribution in [1.29, 1.82) is 0 Å². The Balaban J connectivity index is 1.14. The fourth-order valence-electron chi connectivity index (χ4n) is 6.88. The number of tetrazole rings is 1. The molecule has 6 aromatic carbocycles. The number of hydrogen-bond donors (Lipinski definition) is 0. The summed E-state index contributed by atoms with van der Waals surface area (Å²) in [4.78, 5) is 6.58. The first-order valence-corrected chi connectivity index (χ1v) is 17.3. The molecule has 0 aliphatic heterocycles. The number of hydrogen-bond acceptors (Lipinski definition) is 5. The number of rotatable bonds is 10. The fraction of sp³-hybridized carbons (Fsp3) is 0.111. The number of nitrogens with zero attached hydrogens (tertiary/aromatic N) is 5. The van der Waals surface area contributed by atoms with Crippen LogP contribution in [0.5, 0.6) is 5.75 Å². The summed E-state index contributed by atoms with van der Waals surface area (Å²) in [6.07, 6.45) is 0.850. The second kappa shape index (κ2) is 13.8. The van der Waals surface area contributed by atoms with Gasteiger partial charge in [-0.1, -0.05) is 153 Å². The number of fused-ring (bicyclic) bond motifs is 1. The van der Waals surface area contributed by atoms with Crippen LogP contribution in [0.2, 0.25) is 0 Å². The molecule has 6 heteroatoms. The lowest BCUT2D eigenvalue weighted by Crippen LogP contribution is -2.39. The molecular formula is C45H37N5O. The van der Waals surface area contributed by atoms with Gasteiger partial charge in [0.2, 0.25) is 5.82 Å². The smallest absolute Gasteiger partial charge is 0.205 e. The Morgan fingerprint density at radius 1 is 0.627 bits per heavy atom. The normalized spacial score (nSPS) is 11.5. The Morgan fingerprint density at radius 3 is 1.82 bits per heavy atom. The van der Waals surface area contributed by atoms with Gasteiger partial charge in [-0.3, -0.25) is 4.98 Å². The van der Waals surface area contributed by atoms with E-state index >= 15 is 0 Å². The van der Waals surface area contributed by atoms with Gasteiger partial charge in [-0.15, -0.1) is 15.0 Å². The maximum atomic E-state index is 6.40. The largest absolute Gasteiger partial charge is 0.488 e. The molecule has 2 heterocycles. The van der Waals surface area contributed by atoms with E-state index in [0.717, 1.165) is 67.7 Å². The lowest BCUT2D eigenvalue weighted by atomic mass is 9.77. The molecule has 0 bridgehead atoms. The lowest BCUT2D eigenvalue weighted by molar-refractivity contribution is 0.309. The zero-order valence-electron chi connectivity index (χ0n) is 28.6. The quantitative estimate of drug-likeness (QED) is 0.136. The molecule has 0 aliphatic rings. The first-order valence-electron chi connectivity index (χ1n) is 17.3. The molecule has 2 aromatic heterocycles. The Kier molecular flexibility index (Phi) is 8.64. The molecule has 51 heavy (non-hydrogen) atoms. The fourth-order valence-corrected chi connectivity index (χ4v) is 6.88. The lowest BCUT2D eigenvalue weighted by Gasteiger charge is -2.34. The molecular weight excluding hydrogens is 627 g/mol. The van der Waals surface area contributed by atoms with Crippen LogP contribution in [0.25, 0.3) is 33.4 Å². The van der Waals surface area contributed by atoms with Crippen LogP contribution in [0.15, 0.2) is 164 Å². The minimum atomic E-state index is -0.845. The third-order valence-corrected chi connectivity index (χ3v) is 9.46. The second-order valence-electron chi connectivity index (χ2n) is 12.7. The predicted octanol–water partition coefficient (Wildman–Crippen LogP) is 9.85. The summed E-state index contributed by atoms with van der Waals surface area (Å²) >= 11 is 0. The van der Waals surface area contributed by atoms with Gasteiger partial charge in [0.1, 0.15) is 12.4 Å². The van der Waals surface area contributed by atoms with Crippen LogP contribution in [-0.2, 0) is 18.6 Å². The summed E-state index contributed by atoms with van der Waals surface area (Å²) in [5.74, 6) is 1.41. The van der Waals surface area contributed by atoms with Crippen LogP contribution in [0, 0.1) is 6.92 Å². The topological polar surface area (TPSA) is 65.7 Å². The Hall–Kier alpha value is -6.40. The number of pyridine rings is 1.